The largest absolute Gasteiger partial charge is 0.243 e. The number of hydrogen-bond acceptors (Lipinski definition) is 2. The maximum atomic E-state index is 12.9. The van der Waals surface area contributed by atoms with E-state index in [0.29, 0.717) is 6.54 Å². The molecule has 0 saturated carbocycles. The summed E-state index contributed by atoms with van der Waals surface area (Å²) in [5.41, 5.74) is 0. The summed E-state index contributed by atoms with van der Waals surface area (Å²) in [6.45, 7) is 4.30. The van der Waals surface area contributed by atoms with Gasteiger partial charge in [0.2, 0.25) is 10.0 Å². The summed E-state index contributed by atoms with van der Waals surface area (Å²) >= 11 is 3.07. The summed E-state index contributed by atoms with van der Waals surface area (Å²) in [5.74, 6) is -0.240. The number of nitrogens with zero attached hydrogens (tertiary/aromatic N) is 1. The second-order valence-electron chi connectivity index (χ2n) is 4.25. The molecule has 96 valence electrons. The lowest BCUT2D eigenvalue weighted by molar-refractivity contribution is 0.417. The van der Waals surface area contributed by atoms with Gasteiger partial charge in [-0.15, -0.1) is 0 Å². The predicted octanol–water partition coefficient (Wildman–Crippen LogP) is 2.86. The normalized spacial score (nSPS) is 12.4. The highest BCUT2D eigenvalue weighted by atomic mass is 79.9. The molecule has 6 heteroatoms. The molecule has 0 saturated heterocycles. The van der Waals surface area contributed by atoms with E-state index in [-0.39, 0.29) is 15.3 Å². The van der Waals surface area contributed by atoms with Gasteiger partial charge in [0, 0.05) is 18.1 Å². The highest BCUT2D eigenvalue weighted by Crippen LogP contribution is 2.25. The molecule has 0 amide bonds. The Hall–Kier alpha value is -0.460. The number of hydrogen-bond donors (Lipinski definition) is 0. The number of rotatable bonds is 4. The zero-order chi connectivity index (χ0) is 13.2. The Labute approximate surface area is 110 Å². The molecule has 0 aliphatic carbocycles. The minimum Gasteiger partial charge on any atom is -0.207 e. The zero-order valence-electron chi connectivity index (χ0n) is 9.94. The maximum Gasteiger partial charge on any atom is 0.243 e. The Morgan fingerprint density at radius 1 is 1.41 bits per heavy atom. The molecular weight excluding hydrogens is 309 g/mol. The van der Waals surface area contributed by atoms with Crippen LogP contribution < -0.4 is 0 Å². The van der Waals surface area contributed by atoms with Gasteiger partial charge in [-0.3, -0.25) is 0 Å². The third-order valence-corrected chi connectivity index (χ3v) is 5.00. The van der Waals surface area contributed by atoms with Gasteiger partial charge in [0.05, 0.1) is 4.90 Å². The Bertz CT molecular complexity index is 502. The summed E-state index contributed by atoms with van der Waals surface area (Å²) < 4.78 is 38.8. The van der Waals surface area contributed by atoms with Crippen LogP contribution in [0.4, 0.5) is 4.39 Å². The molecule has 17 heavy (non-hydrogen) atoms. The number of sulfonamides is 1. The summed E-state index contributed by atoms with van der Waals surface area (Å²) in [7, 11) is -2.04. The summed E-state index contributed by atoms with van der Waals surface area (Å²) in [5, 5.41) is 0. The fourth-order valence-corrected chi connectivity index (χ4v) is 3.80. The van der Waals surface area contributed by atoms with Gasteiger partial charge in [0.25, 0.3) is 0 Å². The Kier molecular flexibility index (Phi) is 4.69. The zero-order valence-corrected chi connectivity index (χ0v) is 12.3. The van der Waals surface area contributed by atoms with Crippen molar-refractivity contribution in [1.82, 2.24) is 4.31 Å². The van der Waals surface area contributed by atoms with Crippen molar-refractivity contribution in [3.8, 4) is 0 Å². The third kappa shape index (κ3) is 3.50. The molecule has 0 aliphatic rings. The number of benzene rings is 1. The molecule has 1 aromatic rings. The Morgan fingerprint density at radius 2 is 2.00 bits per heavy atom. The molecular formula is C11H15BrFNO2S. The van der Waals surface area contributed by atoms with E-state index in [1.54, 1.807) is 0 Å². The fourth-order valence-electron chi connectivity index (χ4n) is 1.46. The van der Waals surface area contributed by atoms with Crippen molar-refractivity contribution in [3.05, 3.63) is 28.5 Å². The van der Waals surface area contributed by atoms with Gasteiger partial charge in [0.15, 0.2) is 0 Å². The molecule has 0 unspecified atom stereocenters. The van der Waals surface area contributed by atoms with Crippen LogP contribution in [-0.4, -0.2) is 26.3 Å². The van der Waals surface area contributed by atoms with Crippen molar-refractivity contribution in [2.24, 2.45) is 5.92 Å². The van der Waals surface area contributed by atoms with Gasteiger partial charge < -0.3 is 0 Å². The van der Waals surface area contributed by atoms with Gasteiger partial charge in [0.1, 0.15) is 5.82 Å². The van der Waals surface area contributed by atoms with Crippen LogP contribution in [-0.2, 0) is 10.0 Å². The lowest BCUT2D eigenvalue weighted by Gasteiger charge is -2.19. The molecule has 0 fully saturated rings. The van der Waals surface area contributed by atoms with Gasteiger partial charge in [-0.05, 0) is 40.0 Å². The topological polar surface area (TPSA) is 37.4 Å². The standard InChI is InChI=1S/C11H15BrFNO2S/c1-8(2)7-14(3)17(15,16)11-5-4-9(13)6-10(11)12/h4-6,8H,7H2,1-3H3. The monoisotopic (exact) mass is 323 g/mol. The van der Waals surface area contributed by atoms with Crippen LogP contribution in [0.3, 0.4) is 0 Å². The van der Waals surface area contributed by atoms with E-state index in [1.165, 1.54) is 17.4 Å². The lowest BCUT2D eigenvalue weighted by atomic mass is 10.2. The SMILES string of the molecule is CC(C)CN(C)S(=O)(=O)c1ccc(F)cc1Br. The summed E-state index contributed by atoms with van der Waals surface area (Å²) in [4.78, 5) is 0.0852. The predicted molar refractivity (Wildman–Crippen MR) is 68.8 cm³/mol. The van der Waals surface area contributed by atoms with E-state index in [9.17, 15) is 12.8 Å². The van der Waals surface area contributed by atoms with Crippen LogP contribution in [0.5, 0.6) is 0 Å². The quantitative estimate of drug-likeness (QED) is 0.854. The van der Waals surface area contributed by atoms with Crippen LogP contribution in [0, 0.1) is 11.7 Å². The first kappa shape index (κ1) is 14.6. The molecule has 1 rings (SSSR count). The summed E-state index contributed by atoms with van der Waals surface area (Å²) in [6, 6.07) is 3.56. The molecule has 0 atom stereocenters. The van der Waals surface area contributed by atoms with Crippen LogP contribution in [0.15, 0.2) is 27.6 Å². The lowest BCUT2D eigenvalue weighted by Crippen LogP contribution is -2.30. The van der Waals surface area contributed by atoms with Gasteiger partial charge in [-0.1, -0.05) is 13.8 Å². The Morgan fingerprint density at radius 3 is 2.47 bits per heavy atom. The average Bonchev–Trinajstić information content (AvgIpc) is 2.15. The van der Waals surface area contributed by atoms with Crippen molar-refractivity contribution in [1.29, 1.82) is 0 Å². The summed E-state index contributed by atoms with van der Waals surface area (Å²) in [6.07, 6.45) is 0. The third-order valence-electron chi connectivity index (χ3n) is 2.20. The van der Waals surface area contributed by atoms with Crippen molar-refractivity contribution >= 4 is 26.0 Å². The molecule has 0 bridgehead atoms. The van der Waals surface area contributed by atoms with Crippen LogP contribution >= 0.6 is 15.9 Å². The number of halogens is 2. The van der Waals surface area contributed by atoms with E-state index in [4.69, 9.17) is 0 Å². The van der Waals surface area contributed by atoms with Crippen molar-refractivity contribution < 1.29 is 12.8 Å². The van der Waals surface area contributed by atoms with E-state index in [0.717, 1.165) is 12.1 Å². The van der Waals surface area contributed by atoms with Gasteiger partial charge in [-0.25, -0.2) is 17.1 Å². The first-order chi connectivity index (χ1) is 7.75. The van der Waals surface area contributed by atoms with Gasteiger partial charge in [-0.2, -0.15) is 0 Å². The van der Waals surface area contributed by atoms with E-state index >= 15 is 0 Å². The first-order valence-electron chi connectivity index (χ1n) is 5.16. The first-order valence-corrected chi connectivity index (χ1v) is 7.40. The smallest absolute Gasteiger partial charge is 0.207 e. The molecule has 0 aromatic heterocycles. The molecule has 0 radical (unpaired) electrons. The van der Waals surface area contributed by atoms with Crippen molar-refractivity contribution in [2.45, 2.75) is 18.7 Å². The molecule has 1 aromatic carbocycles. The molecule has 0 spiro atoms. The maximum absolute atomic E-state index is 12.9. The van der Waals surface area contributed by atoms with E-state index < -0.39 is 15.8 Å². The molecule has 0 N–H and O–H groups in total. The Balaban J connectivity index is 3.13. The van der Waals surface area contributed by atoms with Crippen LogP contribution in [0.25, 0.3) is 0 Å². The average molecular weight is 324 g/mol. The van der Waals surface area contributed by atoms with E-state index in [1.807, 2.05) is 13.8 Å². The molecule has 0 aliphatic heterocycles. The fraction of sp³-hybridized carbons (Fsp3) is 0.455. The molecule has 3 nitrogen and oxygen atoms in total. The van der Waals surface area contributed by atoms with Crippen molar-refractivity contribution in [3.63, 3.8) is 0 Å². The van der Waals surface area contributed by atoms with E-state index in [2.05, 4.69) is 15.9 Å². The minimum absolute atomic E-state index is 0.0852. The highest BCUT2D eigenvalue weighted by molar-refractivity contribution is 9.10. The van der Waals surface area contributed by atoms with Crippen LogP contribution in [0.1, 0.15) is 13.8 Å². The van der Waals surface area contributed by atoms with Crippen molar-refractivity contribution in [2.75, 3.05) is 13.6 Å². The minimum atomic E-state index is -3.56. The second kappa shape index (κ2) is 5.46. The van der Waals surface area contributed by atoms with Gasteiger partial charge >= 0.3 is 0 Å². The second-order valence-corrected chi connectivity index (χ2v) is 7.12. The van der Waals surface area contributed by atoms with Crippen LogP contribution in [0.2, 0.25) is 0 Å². The highest BCUT2D eigenvalue weighted by Gasteiger charge is 2.23. The molecule has 0 heterocycles.